The van der Waals surface area contributed by atoms with Crippen LogP contribution >= 0.6 is 11.6 Å². The maximum absolute atomic E-state index is 12.6. The number of nitrogens with zero attached hydrogens (tertiary/aromatic N) is 1. The average Bonchev–Trinajstić information content (AvgIpc) is 2.60. The molecule has 0 unspecified atom stereocenters. The summed E-state index contributed by atoms with van der Waals surface area (Å²) in [6.45, 7) is 0.283. The number of aliphatic hydroxyl groups is 1. The van der Waals surface area contributed by atoms with E-state index in [2.05, 4.69) is 0 Å². The summed E-state index contributed by atoms with van der Waals surface area (Å²) in [5.74, 6) is 0.114. The zero-order chi connectivity index (χ0) is 16.2. The highest BCUT2D eigenvalue weighted by Crippen LogP contribution is 2.20. The minimum Gasteiger partial charge on any atom is -0.483 e. The van der Waals surface area contributed by atoms with Crippen molar-refractivity contribution in [3.8, 4) is 5.75 Å². The fourth-order valence-electron chi connectivity index (χ4n) is 2.46. The lowest BCUT2D eigenvalue weighted by molar-refractivity contribution is 0.127. The van der Waals surface area contributed by atoms with Crippen LogP contribution in [-0.4, -0.2) is 15.6 Å². The van der Waals surface area contributed by atoms with Gasteiger partial charge in [0.05, 0.1) is 11.4 Å². The summed E-state index contributed by atoms with van der Waals surface area (Å²) in [5, 5.41) is 10.9. The van der Waals surface area contributed by atoms with Crippen molar-refractivity contribution < 1.29 is 9.84 Å². The first kappa shape index (κ1) is 15.6. The third-order valence-electron chi connectivity index (χ3n) is 3.59. The topological polar surface area (TPSA) is 51.5 Å². The summed E-state index contributed by atoms with van der Waals surface area (Å²) in [7, 11) is 0. The minimum absolute atomic E-state index is 0.0773. The lowest BCUT2D eigenvalue weighted by Gasteiger charge is -2.16. The molecule has 3 rings (SSSR count). The number of alkyl halides is 1. The van der Waals surface area contributed by atoms with Gasteiger partial charge in [-0.05, 0) is 17.7 Å². The van der Waals surface area contributed by atoms with Gasteiger partial charge in [0.15, 0.2) is 5.75 Å². The van der Waals surface area contributed by atoms with Gasteiger partial charge in [0, 0.05) is 5.39 Å². The van der Waals surface area contributed by atoms with Crippen molar-refractivity contribution in [3.63, 3.8) is 0 Å². The molecule has 0 spiro atoms. The second-order valence-electron chi connectivity index (χ2n) is 5.15. The first-order chi connectivity index (χ1) is 11.2. The van der Waals surface area contributed by atoms with Gasteiger partial charge in [-0.2, -0.15) is 0 Å². The van der Waals surface area contributed by atoms with Gasteiger partial charge in [0.1, 0.15) is 12.8 Å². The van der Waals surface area contributed by atoms with E-state index in [9.17, 15) is 9.90 Å². The monoisotopic (exact) mass is 329 g/mol. The minimum atomic E-state index is -1.10. The van der Waals surface area contributed by atoms with Crippen molar-refractivity contribution in [2.24, 2.45) is 0 Å². The standard InChI is InChI=1S/C18H16ClNO3/c19-11-17(21)20-15-9-5-4-8-14(15)10-16(18(20)22)23-12-13-6-2-1-3-7-13/h1-10,17,21H,11-12H2/t17-/m1/s1. The number of para-hydroxylation sites is 1. The van der Waals surface area contributed by atoms with Crippen molar-refractivity contribution in [1.29, 1.82) is 0 Å². The molecule has 0 aliphatic carbocycles. The zero-order valence-corrected chi connectivity index (χ0v) is 13.1. The number of benzene rings is 2. The summed E-state index contributed by atoms with van der Waals surface area (Å²) in [6, 6.07) is 18.6. The number of pyridine rings is 1. The Hall–Kier alpha value is -2.30. The number of rotatable bonds is 5. The molecule has 0 fully saturated rings. The molecule has 5 heteroatoms. The van der Waals surface area contributed by atoms with E-state index >= 15 is 0 Å². The van der Waals surface area contributed by atoms with Crippen LogP contribution in [0.3, 0.4) is 0 Å². The van der Waals surface area contributed by atoms with Crippen LogP contribution in [0.5, 0.6) is 5.75 Å². The molecule has 4 nitrogen and oxygen atoms in total. The van der Waals surface area contributed by atoms with Crippen molar-refractivity contribution in [1.82, 2.24) is 4.57 Å². The molecule has 1 atom stereocenters. The average molecular weight is 330 g/mol. The zero-order valence-electron chi connectivity index (χ0n) is 12.4. The number of ether oxygens (including phenoxy) is 1. The van der Waals surface area contributed by atoms with Gasteiger partial charge in [-0.25, -0.2) is 0 Å². The van der Waals surface area contributed by atoms with Crippen molar-refractivity contribution in [2.45, 2.75) is 12.8 Å². The third-order valence-corrected chi connectivity index (χ3v) is 3.86. The molecule has 1 aromatic heterocycles. The Labute approximate surface area is 138 Å². The quantitative estimate of drug-likeness (QED) is 0.731. The second kappa shape index (κ2) is 6.86. The maximum atomic E-state index is 12.6. The summed E-state index contributed by atoms with van der Waals surface area (Å²) in [6.07, 6.45) is -1.10. The van der Waals surface area contributed by atoms with Gasteiger partial charge in [-0.1, -0.05) is 48.5 Å². The van der Waals surface area contributed by atoms with E-state index in [-0.39, 0.29) is 18.2 Å². The Kier molecular flexibility index (Phi) is 4.65. The van der Waals surface area contributed by atoms with E-state index in [1.807, 2.05) is 48.5 Å². The van der Waals surface area contributed by atoms with E-state index in [1.165, 1.54) is 4.57 Å². The lowest BCUT2D eigenvalue weighted by Crippen LogP contribution is -2.27. The van der Waals surface area contributed by atoms with E-state index < -0.39 is 11.8 Å². The van der Waals surface area contributed by atoms with Crippen LogP contribution in [0, 0.1) is 0 Å². The molecule has 0 bridgehead atoms. The number of aliphatic hydroxyl groups excluding tert-OH is 1. The molecule has 0 saturated heterocycles. The van der Waals surface area contributed by atoms with E-state index in [4.69, 9.17) is 16.3 Å². The van der Waals surface area contributed by atoms with Gasteiger partial charge < -0.3 is 9.84 Å². The van der Waals surface area contributed by atoms with E-state index in [0.717, 1.165) is 10.9 Å². The molecule has 118 valence electrons. The van der Waals surface area contributed by atoms with E-state index in [0.29, 0.717) is 5.52 Å². The molecule has 0 amide bonds. The molecule has 23 heavy (non-hydrogen) atoms. The molecular weight excluding hydrogens is 314 g/mol. The van der Waals surface area contributed by atoms with Crippen molar-refractivity contribution >= 4 is 22.5 Å². The highest BCUT2D eigenvalue weighted by molar-refractivity contribution is 6.18. The normalized spacial score (nSPS) is 12.3. The molecule has 0 radical (unpaired) electrons. The van der Waals surface area contributed by atoms with Gasteiger partial charge in [0.2, 0.25) is 0 Å². The largest absolute Gasteiger partial charge is 0.483 e. The molecule has 1 N–H and O–H groups in total. The first-order valence-electron chi connectivity index (χ1n) is 7.25. The van der Waals surface area contributed by atoms with E-state index in [1.54, 1.807) is 12.1 Å². The molecule has 2 aromatic carbocycles. The molecule has 3 aromatic rings. The lowest BCUT2D eigenvalue weighted by atomic mass is 10.2. The molecule has 0 saturated carbocycles. The molecular formula is C18H16ClNO3. The number of halogens is 1. The summed E-state index contributed by atoms with van der Waals surface area (Å²) in [4.78, 5) is 12.6. The third kappa shape index (κ3) is 3.23. The fourth-order valence-corrected chi connectivity index (χ4v) is 2.60. The van der Waals surface area contributed by atoms with Gasteiger partial charge in [-0.3, -0.25) is 9.36 Å². The maximum Gasteiger partial charge on any atom is 0.295 e. The second-order valence-corrected chi connectivity index (χ2v) is 5.46. The highest BCUT2D eigenvalue weighted by Gasteiger charge is 2.15. The predicted molar refractivity (Wildman–Crippen MR) is 91.0 cm³/mol. The molecule has 0 aliphatic rings. The summed E-state index contributed by atoms with van der Waals surface area (Å²) in [5.41, 5.74) is 1.19. The Balaban J connectivity index is 2.03. The van der Waals surface area contributed by atoms with Crippen molar-refractivity contribution in [3.05, 3.63) is 76.6 Å². The van der Waals surface area contributed by atoms with Crippen LogP contribution < -0.4 is 10.3 Å². The number of aromatic nitrogens is 1. The van der Waals surface area contributed by atoms with Crippen LogP contribution in [0.4, 0.5) is 0 Å². The van der Waals surface area contributed by atoms with Gasteiger partial charge >= 0.3 is 0 Å². The van der Waals surface area contributed by atoms with Crippen LogP contribution in [-0.2, 0) is 6.61 Å². The van der Waals surface area contributed by atoms with Crippen LogP contribution in [0.2, 0.25) is 0 Å². The van der Waals surface area contributed by atoms with Crippen LogP contribution in [0.15, 0.2) is 65.5 Å². The van der Waals surface area contributed by atoms with Crippen LogP contribution in [0.25, 0.3) is 10.9 Å². The smallest absolute Gasteiger partial charge is 0.295 e. The summed E-state index contributed by atoms with van der Waals surface area (Å²) < 4.78 is 6.95. The first-order valence-corrected chi connectivity index (χ1v) is 7.79. The SMILES string of the molecule is O=c1c(OCc2ccccc2)cc2ccccc2n1[C@H](O)CCl. The molecule has 0 aliphatic heterocycles. The highest BCUT2D eigenvalue weighted by atomic mass is 35.5. The van der Waals surface area contributed by atoms with Gasteiger partial charge in [-0.15, -0.1) is 11.6 Å². The fraction of sp³-hybridized carbons (Fsp3) is 0.167. The Morgan fingerprint density at radius 2 is 1.78 bits per heavy atom. The number of hydrogen-bond donors (Lipinski definition) is 1. The Bertz CT molecular complexity index is 861. The number of fused-ring (bicyclic) bond motifs is 1. The van der Waals surface area contributed by atoms with Gasteiger partial charge in [0.25, 0.3) is 5.56 Å². The van der Waals surface area contributed by atoms with Crippen LogP contribution in [0.1, 0.15) is 11.8 Å². The molecule has 1 heterocycles. The Morgan fingerprint density at radius 3 is 2.52 bits per heavy atom. The van der Waals surface area contributed by atoms with Crippen molar-refractivity contribution in [2.75, 3.05) is 5.88 Å². The predicted octanol–water partition coefficient (Wildman–Crippen LogP) is 3.31. The Morgan fingerprint density at radius 1 is 1.09 bits per heavy atom. The number of hydrogen-bond acceptors (Lipinski definition) is 3. The summed E-state index contributed by atoms with van der Waals surface area (Å²) >= 11 is 5.73.